The molecule has 7 nitrogen and oxygen atoms in total. The molecule has 2 N–H and O–H groups in total. The Morgan fingerprint density at radius 1 is 1.24 bits per heavy atom. The molecule has 0 radical (unpaired) electrons. The molecule has 110 valence electrons. The van der Waals surface area contributed by atoms with E-state index in [2.05, 4.69) is 15.5 Å². The van der Waals surface area contributed by atoms with E-state index in [9.17, 15) is 9.59 Å². The van der Waals surface area contributed by atoms with Crippen molar-refractivity contribution in [1.82, 2.24) is 10.2 Å². The minimum atomic E-state index is -0.896. The highest BCUT2D eigenvalue weighted by atomic mass is 32.1. The number of para-hydroxylation sites is 1. The maximum Gasteiger partial charge on any atom is 0.303 e. The van der Waals surface area contributed by atoms with Gasteiger partial charge in [-0.1, -0.05) is 29.5 Å². The van der Waals surface area contributed by atoms with Crippen molar-refractivity contribution < 1.29 is 19.4 Å². The van der Waals surface area contributed by atoms with Crippen molar-refractivity contribution in [3.8, 4) is 5.75 Å². The predicted molar refractivity (Wildman–Crippen MR) is 76.4 cm³/mol. The maximum absolute atomic E-state index is 11.7. The fourth-order valence-corrected chi connectivity index (χ4v) is 2.20. The quantitative estimate of drug-likeness (QED) is 0.805. The summed E-state index contributed by atoms with van der Waals surface area (Å²) in [6, 6.07) is 8.98. The summed E-state index contributed by atoms with van der Waals surface area (Å²) in [6.07, 6.45) is 0.281. The van der Waals surface area contributed by atoms with E-state index in [1.807, 2.05) is 18.2 Å². The maximum atomic E-state index is 11.7. The molecule has 2 rings (SSSR count). The number of carboxylic acid groups (broad SMARTS) is 1. The number of nitrogens with one attached hydrogen (secondary N) is 1. The van der Waals surface area contributed by atoms with Gasteiger partial charge in [-0.3, -0.25) is 14.9 Å². The van der Waals surface area contributed by atoms with Crippen molar-refractivity contribution in [3.63, 3.8) is 0 Å². The van der Waals surface area contributed by atoms with E-state index in [1.54, 1.807) is 12.1 Å². The lowest BCUT2D eigenvalue weighted by atomic mass is 10.3. The average molecular weight is 307 g/mol. The number of carboxylic acids is 1. The third kappa shape index (κ3) is 5.19. The molecule has 0 aliphatic heterocycles. The molecule has 0 bridgehead atoms. The topological polar surface area (TPSA) is 101 Å². The lowest BCUT2D eigenvalue weighted by Gasteiger charge is -2.04. The standard InChI is InChI=1S/C13H13N3O4S/c17-10(8-20-9-4-2-1-3-5-9)14-13-16-15-11(21-13)6-7-12(18)19/h1-5H,6-8H2,(H,18,19)(H,14,16,17). The van der Waals surface area contributed by atoms with Gasteiger partial charge in [-0.15, -0.1) is 10.2 Å². The zero-order valence-electron chi connectivity index (χ0n) is 11.0. The molecule has 1 aromatic carbocycles. The first kappa shape index (κ1) is 14.9. The highest BCUT2D eigenvalue weighted by molar-refractivity contribution is 7.15. The number of hydrogen-bond acceptors (Lipinski definition) is 6. The monoisotopic (exact) mass is 307 g/mol. The van der Waals surface area contributed by atoms with Gasteiger partial charge in [0.2, 0.25) is 5.13 Å². The van der Waals surface area contributed by atoms with Crippen molar-refractivity contribution in [2.75, 3.05) is 11.9 Å². The Kier molecular flexibility index (Phi) is 5.22. The van der Waals surface area contributed by atoms with E-state index >= 15 is 0 Å². The van der Waals surface area contributed by atoms with Gasteiger partial charge in [-0.25, -0.2) is 0 Å². The minimum absolute atomic E-state index is 0.0142. The second-order valence-electron chi connectivity index (χ2n) is 4.04. The number of aromatic nitrogens is 2. The van der Waals surface area contributed by atoms with Gasteiger partial charge >= 0.3 is 5.97 Å². The fourth-order valence-electron chi connectivity index (χ4n) is 1.44. The number of anilines is 1. The van der Waals surface area contributed by atoms with Gasteiger partial charge in [-0.05, 0) is 12.1 Å². The molecule has 1 aromatic heterocycles. The molecule has 1 heterocycles. The van der Waals surface area contributed by atoms with Gasteiger partial charge in [0.1, 0.15) is 10.8 Å². The first-order chi connectivity index (χ1) is 10.1. The molecular weight excluding hydrogens is 294 g/mol. The third-order valence-corrected chi connectivity index (χ3v) is 3.28. The fraction of sp³-hybridized carbons (Fsp3) is 0.231. The SMILES string of the molecule is O=C(O)CCc1nnc(NC(=O)COc2ccccc2)s1. The van der Waals surface area contributed by atoms with Crippen LogP contribution < -0.4 is 10.1 Å². The molecule has 0 saturated heterocycles. The Labute approximate surface area is 124 Å². The first-order valence-corrected chi connectivity index (χ1v) is 6.97. The Hall–Kier alpha value is -2.48. The number of carbonyl (C=O) groups is 2. The number of ether oxygens (including phenoxy) is 1. The average Bonchev–Trinajstić information content (AvgIpc) is 2.91. The number of carbonyl (C=O) groups excluding carboxylic acids is 1. The molecule has 0 fully saturated rings. The summed E-state index contributed by atoms with van der Waals surface area (Å²) in [5, 5.41) is 19.6. The number of benzene rings is 1. The zero-order valence-corrected chi connectivity index (χ0v) is 11.8. The van der Waals surface area contributed by atoms with E-state index in [-0.39, 0.29) is 18.9 Å². The van der Waals surface area contributed by atoms with Crippen LogP contribution in [-0.4, -0.2) is 33.8 Å². The molecule has 0 aliphatic carbocycles. The summed E-state index contributed by atoms with van der Waals surface area (Å²) in [7, 11) is 0. The largest absolute Gasteiger partial charge is 0.484 e. The van der Waals surface area contributed by atoms with Crippen LogP contribution in [0, 0.1) is 0 Å². The second-order valence-corrected chi connectivity index (χ2v) is 5.11. The Bertz CT molecular complexity index is 615. The predicted octanol–water partition coefficient (Wildman–Crippen LogP) is 1.57. The lowest BCUT2D eigenvalue weighted by Crippen LogP contribution is -2.20. The van der Waals surface area contributed by atoms with Crippen LogP contribution in [0.25, 0.3) is 0 Å². The van der Waals surface area contributed by atoms with Crippen LogP contribution in [0.3, 0.4) is 0 Å². The molecule has 0 unspecified atom stereocenters. The Morgan fingerprint density at radius 3 is 2.71 bits per heavy atom. The van der Waals surface area contributed by atoms with Crippen LogP contribution in [0.4, 0.5) is 5.13 Å². The number of aryl methyl sites for hydroxylation is 1. The first-order valence-electron chi connectivity index (χ1n) is 6.15. The molecule has 0 saturated carbocycles. The second kappa shape index (κ2) is 7.34. The third-order valence-electron chi connectivity index (χ3n) is 2.38. The molecular formula is C13H13N3O4S. The van der Waals surface area contributed by atoms with E-state index in [1.165, 1.54) is 0 Å². The normalized spacial score (nSPS) is 10.1. The Balaban J connectivity index is 1.78. The lowest BCUT2D eigenvalue weighted by molar-refractivity contribution is -0.137. The molecule has 8 heteroatoms. The van der Waals surface area contributed by atoms with Crippen molar-refractivity contribution in [2.45, 2.75) is 12.8 Å². The van der Waals surface area contributed by atoms with Gasteiger partial charge in [0.15, 0.2) is 6.61 Å². The molecule has 0 atom stereocenters. The van der Waals surface area contributed by atoms with Crippen molar-refractivity contribution in [1.29, 1.82) is 0 Å². The number of hydrogen-bond donors (Lipinski definition) is 2. The van der Waals surface area contributed by atoms with Crippen LogP contribution in [0.15, 0.2) is 30.3 Å². The van der Waals surface area contributed by atoms with Gasteiger partial charge in [0.05, 0.1) is 6.42 Å². The van der Waals surface area contributed by atoms with E-state index in [0.29, 0.717) is 22.3 Å². The number of rotatable bonds is 7. The van der Waals surface area contributed by atoms with Gasteiger partial charge in [0.25, 0.3) is 5.91 Å². The molecule has 2 aromatic rings. The van der Waals surface area contributed by atoms with Crippen LogP contribution in [0.5, 0.6) is 5.75 Å². The summed E-state index contributed by atoms with van der Waals surface area (Å²) in [5.74, 6) is -0.640. The van der Waals surface area contributed by atoms with Crippen molar-refractivity contribution in [2.24, 2.45) is 0 Å². The molecule has 0 spiro atoms. The summed E-state index contributed by atoms with van der Waals surface area (Å²) in [5.41, 5.74) is 0. The molecule has 0 aliphatic rings. The summed E-state index contributed by atoms with van der Waals surface area (Å²) >= 11 is 1.15. The van der Waals surface area contributed by atoms with E-state index < -0.39 is 5.97 Å². The van der Waals surface area contributed by atoms with Crippen LogP contribution >= 0.6 is 11.3 Å². The molecule has 21 heavy (non-hydrogen) atoms. The minimum Gasteiger partial charge on any atom is -0.484 e. The summed E-state index contributed by atoms with van der Waals surface area (Å²) in [6.45, 7) is -0.131. The van der Waals surface area contributed by atoms with Crippen LogP contribution in [0.1, 0.15) is 11.4 Å². The van der Waals surface area contributed by atoms with Crippen LogP contribution in [0.2, 0.25) is 0 Å². The van der Waals surface area contributed by atoms with Gasteiger partial charge in [0, 0.05) is 6.42 Å². The van der Waals surface area contributed by atoms with Gasteiger partial charge < -0.3 is 9.84 Å². The number of amides is 1. The highest BCUT2D eigenvalue weighted by Gasteiger charge is 2.10. The van der Waals surface area contributed by atoms with Gasteiger partial charge in [-0.2, -0.15) is 0 Å². The molecule has 1 amide bonds. The van der Waals surface area contributed by atoms with E-state index in [4.69, 9.17) is 9.84 Å². The summed E-state index contributed by atoms with van der Waals surface area (Å²) in [4.78, 5) is 22.1. The number of nitrogens with zero attached hydrogens (tertiary/aromatic N) is 2. The highest BCUT2D eigenvalue weighted by Crippen LogP contribution is 2.16. The summed E-state index contributed by atoms with van der Waals surface area (Å²) < 4.78 is 5.29. The Morgan fingerprint density at radius 2 is 2.00 bits per heavy atom. The number of aliphatic carboxylic acids is 1. The van der Waals surface area contributed by atoms with Crippen LogP contribution in [-0.2, 0) is 16.0 Å². The van der Waals surface area contributed by atoms with E-state index in [0.717, 1.165) is 11.3 Å². The van der Waals surface area contributed by atoms with Crippen molar-refractivity contribution in [3.05, 3.63) is 35.3 Å². The van der Waals surface area contributed by atoms with Crippen molar-refractivity contribution >= 4 is 28.3 Å². The zero-order chi connectivity index (χ0) is 15.1. The smallest absolute Gasteiger partial charge is 0.303 e.